The van der Waals surface area contributed by atoms with Gasteiger partial charge in [0.1, 0.15) is 12.1 Å². The molecular weight excluding hydrogens is 400 g/mol. The van der Waals surface area contributed by atoms with Gasteiger partial charge in [0.15, 0.2) is 11.9 Å². The standard InChI is InChI=1S/C23H23ClN4O2/c1-29-20(30-2)11-12-25-22-21-19(16-7-4-3-5-8-16)14-28(23(21)27-15-26-22)18-10-6-9-17(24)13-18/h3-10,13-15,20H,11-12H2,1-2H3,(H,25,26,27). The number of aromatic nitrogens is 3. The molecule has 1 N–H and O–H groups in total. The molecule has 0 saturated carbocycles. The number of anilines is 1. The van der Waals surface area contributed by atoms with Crippen molar-refractivity contribution in [3.63, 3.8) is 0 Å². The molecule has 0 amide bonds. The smallest absolute Gasteiger partial charge is 0.158 e. The third-order valence-electron chi connectivity index (χ3n) is 4.95. The summed E-state index contributed by atoms with van der Waals surface area (Å²) in [6.45, 7) is 0.648. The van der Waals surface area contributed by atoms with Crippen LogP contribution >= 0.6 is 11.6 Å². The fraction of sp³-hybridized carbons (Fsp3) is 0.217. The first kappa shape index (κ1) is 20.3. The molecule has 0 unspecified atom stereocenters. The third-order valence-corrected chi connectivity index (χ3v) is 5.19. The SMILES string of the molecule is COC(CCNc1ncnc2c1c(-c1ccccc1)cn2-c1cccc(Cl)c1)OC. The second-order valence-electron chi connectivity index (χ2n) is 6.80. The minimum atomic E-state index is -0.264. The van der Waals surface area contributed by atoms with Crippen LogP contribution in [0.2, 0.25) is 5.02 Å². The molecule has 0 fully saturated rings. The Hall–Kier alpha value is -2.93. The predicted molar refractivity (Wildman–Crippen MR) is 120 cm³/mol. The summed E-state index contributed by atoms with van der Waals surface area (Å²) in [6, 6.07) is 17.9. The minimum Gasteiger partial charge on any atom is -0.369 e. The van der Waals surface area contributed by atoms with Gasteiger partial charge in [-0.2, -0.15) is 0 Å². The highest BCUT2D eigenvalue weighted by atomic mass is 35.5. The van der Waals surface area contributed by atoms with Gasteiger partial charge in [0.25, 0.3) is 0 Å². The number of hydrogen-bond donors (Lipinski definition) is 1. The van der Waals surface area contributed by atoms with E-state index in [1.54, 1.807) is 20.5 Å². The van der Waals surface area contributed by atoms with E-state index in [1.165, 1.54) is 0 Å². The Morgan fingerprint density at radius 2 is 1.83 bits per heavy atom. The van der Waals surface area contributed by atoms with Crippen LogP contribution in [0.3, 0.4) is 0 Å². The zero-order chi connectivity index (χ0) is 20.9. The third kappa shape index (κ3) is 4.16. The maximum Gasteiger partial charge on any atom is 0.158 e. The number of benzene rings is 2. The Labute approximate surface area is 180 Å². The van der Waals surface area contributed by atoms with Crippen LogP contribution in [-0.2, 0) is 9.47 Å². The molecule has 0 saturated heterocycles. The van der Waals surface area contributed by atoms with Crippen LogP contribution in [0.15, 0.2) is 67.1 Å². The Kier molecular flexibility index (Phi) is 6.28. The van der Waals surface area contributed by atoms with E-state index < -0.39 is 0 Å². The number of methoxy groups -OCH3 is 2. The number of hydrogen-bond acceptors (Lipinski definition) is 5. The van der Waals surface area contributed by atoms with Gasteiger partial charge in [-0.3, -0.25) is 0 Å². The molecule has 2 aromatic heterocycles. The van der Waals surface area contributed by atoms with Crippen LogP contribution in [0, 0.1) is 0 Å². The van der Waals surface area contributed by atoms with E-state index in [4.69, 9.17) is 21.1 Å². The predicted octanol–water partition coefficient (Wildman–Crippen LogP) is 5.16. The van der Waals surface area contributed by atoms with E-state index in [0.717, 1.165) is 33.7 Å². The first-order valence-corrected chi connectivity index (χ1v) is 10.1. The van der Waals surface area contributed by atoms with Crippen molar-refractivity contribution in [2.75, 3.05) is 26.1 Å². The summed E-state index contributed by atoms with van der Waals surface area (Å²) in [5, 5.41) is 5.05. The molecule has 2 aromatic carbocycles. The molecule has 0 spiro atoms. The fourth-order valence-corrected chi connectivity index (χ4v) is 3.68. The van der Waals surface area contributed by atoms with Gasteiger partial charge in [0.05, 0.1) is 5.39 Å². The van der Waals surface area contributed by atoms with Crippen molar-refractivity contribution < 1.29 is 9.47 Å². The van der Waals surface area contributed by atoms with Crippen molar-refractivity contribution >= 4 is 28.5 Å². The topological polar surface area (TPSA) is 61.2 Å². The van der Waals surface area contributed by atoms with Gasteiger partial charge in [-0.25, -0.2) is 9.97 Å². The van der Waals surface area contributed by atoms with Crippen LogP contribution in [-0.4, -0.2) is 41.6 Å². The van der Waals surface area contributed by atoms with Gasteiger partial charge >= 0.3 is 0 Å². The van der Waals surface area contributed by atoms with Gasteiger partial charge in [-0.1, -0.05) is 48.0 Å². The van der Waals surface area contributed by atoms with E-state index in [0.29, 0.717) is 18.0 Å². The van der Waals surface area contributed by atoms with Crippen LogP contribution in [0.1, 0.15) is 6.42 Å². The number of rotatable bonds is 8. The van der Waals surface area contributed by atoms with Crippen molar-refractivity contribution in [2.45, 2.75) is 12.7 Å². The summed E-state index contributed by atoms with van der Waals surface area (Å²) < 4.78 is 12.6. The second-order valence-corrected chi connectivity index (χ2v) is 7.23. The summed E-state index contributed by atoms with van der Waals surface area (Å²) in [4.78, 5) is 9.11. The average molecular weight is 423 g/mol. The lowest BCUT2D eigenvalue weighted by Crippen LogP contribution is -2.18. The highest BCUT2D eigenvalue weighted by Crippen LogP contribution is 2.35. The van der Waals surface area contributed by atoms with Gasteiger partial charge in [0, 0.05) is 49.7 Å². The molecule has 0 aliphatic rings. The van der Waals surface area contributed by atoms with Crippen LogP contribution in [0.25, 0.3) is 27.8 Å². The zero-order valence-electron chi connectivity index (χ0n) is 16.9. The fourth-order valence-electron chi connectivity index (χ4n) is 3.50. The van der Waals surface area contributed by atoms with Gasteiger partial charge in [0.2, 0.25) is 0 Å². The van der Waals surface area contributed by atoms with E-state index in [2.05, 4.69) is 33.6 Å². The molecule has 4 rings (SSSR count). The molecule has 7 heteroatoms. The first-order chi connectivity index (χ1) is 14.7. The van der Waals surface area contributed by atoms with E-state index in [1.807, 2.05) is 47.0 Å². The van der Waals surface area contributed by atoms with Crippen molar-refractivity contribution in [1.29, 1.82) is 0 Å². The normalized spacial score (nSPS) is 11.3. The average Bonchev–Trinajstić information content (AvgIpc) is 3.18. The Morgan fingerprint density at radius 3 is 2.57 bits per heavy atom. The molecule has 154 valence electrons. The van der Waals surface area contributed by atoms with E-state index in [9.17, 15) is 0 Å². The molecule has 0 aliphatic heterocycles. The van der Waals surface area contributed by atoms with Crippen molar-refractivity contribution in [3.05, 3.63) is 72.1 Å². The van der Waals surface area contributed by atoms with Crippen molar-refractivity contribution in [3.8, 4) is 16.8 Å². The van der Waals surface area contributed by atoms with Crippen molar-refractivity contribution in [1.82, 2.24) is 14.5 Å². The minimum absolute atomic E-state index is 0.264. The quantitative estimate of drug-likeness (QED) is 0.397. The summed E-state index contributed by atoms with van der Waals surface area (Å²) >= 11 is 6.24. The second kappa shape index (κ2) is 9.26. The molecular formula is C23H23ClN4O2. The molecule has 4 aromatic rings. The Balaban J connectivity index is 1.81. The number of fused-ring (bicyclic) bond motifs is 1. The molecule has 0 aliphatic carbocycles. The van der Waals surface area contributed by atoms with E-state index >= 15 is 0 Å². The van der Waals surface area contributed by atoms with Crippen LogP contribution in [0.4, 0.5) is 5.82 Å². The lowest BCUT2D eigenvalue weighted by Gasteiger charge is -2.14. The monoisotopic (exact) mass is 422 g/mol. The molecule has 0 bridgehead atoms. The Morgan fingerprint density at radius 1 is 1.03 bits per heavy atom. The van der Waals surface area contributed by atoms with Gasteiger partial charge in [-0.05, 0) is 23.8 Å². The van der Waals surface area contributed by atoms with Gasteiger partial charge < -0.3 is 19.4 Å². The molecule has 6 nitrogen and oxygen atoms in total. The zero-order valence-corrected chi connectivity index (χ0v) is 17.6. The molecule has 2 heterocycles. The van der Waals surface area contributed by atoms with Crippen molar-refractivity contribution in [2.24, 2.45) is 0 Å². The number of nitrogens with one attached hydrogen (secondary N) is 1. The lowest BCUT2D eigenvalue weighted by atomic mass is 10.1. The van der Waals surface area contributed by atoms with Crippen LogP contribution < -0.4 is 5.32 Å². The summed E-state index contributed by atoms with van der Waals surface area (Å²) in [5.41, 5.74) is 3.89. The largest absolute Gasteiger partial charge is 0.369 e. The number of ether oxygens (including phenoxy) is 2. The molecule has 0 radical (unpaired) electrons. The summed E-state index contributed by atoms with van der Waals surface area (Å²) in [6.07, 6.45) is 4.08. The first-order valence-electron chi connectivity index (χ1n) is 9.68. The molecule has 0 atom stereocenters. The highest BCUT2D eigenvalue weighted by Gasteiger charge is 2.17. The number of halogens is 1. The highest BCUT2D eigenvalue weighted by molar-refractivity contribution is 6.30. The number of nitrogens with zero attached hydrogens (tertiary/aromatic N) is 3. The lowest BCUT2D eigenvalue weighted by molar-refractivity contribution is -0.103. The summed E-state index contributed by atoms with van der Waals surface area (Å²) in [7, 11) is 3.27. The van der Waals surface area contributed by atoms with Gasteiger partial charge in [-0.15, -0.1) is 0 Å². The Bertz CT molecular complexity index is 1130. The van der Waals surface area contributed by atoms with Crippen LogP contribution in [0.5, 0.6) is 0 Å². The van der Waals surface area contributed by atoms with E-state index in [-0.39, 0.29) is 6.29 Å². The molecule has 30 heavy (non-hydrogen) atoms. The maximum absolute atomic E-state index is 6.24. The maximum atomic E-state index is 6.24. The summed E-state index contributed by atoms with van der Waals surface area (Å²) in [5.74, 6) is 0.769.